The standard InChI is InChI=1S/C17H36N2/c1-5-15(3)12-17(6-2)18-13-16(4)14-19-10-8-7-9-11-19/h15-18H,5-14H2,1-4H3. The number of piperidine rings is 1. The summed E-state index contributed by atoms with van der Waals surface area (Å²) in [5.41, 5.74) is 0. The van der Waals surface area contributed by atoms with Gasteiger partial charge in [-0.25, -0.2) is 0 Å². The molecule has 3 unspecified atom stereocenters. The van der Waals surface area contributed by atoms with Gasteiger partial charge in [0.25, 0.3) is 0 Å². The van der Waals surface area contributed by atoms with Crippen molar-refractivity contribution in [2.75, 3.05) is 26.2 Å². The second-order valence-electron chi connectivity index (χ2n) is 6.73. The molecule has 0 spiro atoms. The van der Waals surface area contributed by atoms with Crippen LogP contribution >= 0.6 is 0 Å². The Labute approximate surface area is 121 Å². The summed E-state index contributed by atoms with van der Waals surface area (Å²) < 4.78 is 0. The first-order chi connectivity index (χ1) is 9.15. The largest absolute Gasteiger partial charge is 0.314 e. The molecule has 2 nitrogen and oxygen atoms in total. The summed E-state index contributed by atoms with van der Waals surface area (Å²) in [6, 6.07) is 0.721. The maximum Gasteiger partial charge on any atom is 0.00670 e. The molecule has 0 saturated carbocycles. The van der Waals surface area contributed by atoms with Crippen molar-refractivity contribution in [2.45, 2.75) is 72.3 Å². The molecule has 0 amide bonds. The number of likely N-dealkylation sites (tertiary alicyclic amines) is 1. The molecule has 0 aromatic rings. The first-order valence-electron chi connectivity index (χ1n) is 8.61. The molecule has 1 aliphatic rings. The summed E-state index contributed by atoms with van der Waals surface area (Å²) in [5.74, 6) is 1.64. The summed E-state index contributed by atoms with van der Waals surface area (Å²) in [7, 11) is 0. The van der Waals surface area contributed by atoms with Gasteiger partial charge in [0.05, 0.1) is 0 Å². The first-order valence-corrected chi connectivity index (χ1v) is 8.61. The predicted octanol–water partition coefficient (Wildman–Crippen LogP) is 3.91. The van der Waals surface area contributed by atoms with E-state index in [9.17, 15) is 0 Å². The van der Waals surface area contributed by atoms with Gasteiger partial charge in [-0.3, -0.25) is 0 Å². The van der Waals surface area contributed by atoms with Crippen molar-refractivity contribution in [2.24, 2.45) is 11.8 Å². The fraction of sp³-hybridized carbons (Fsp3) is 1.00. The van der Waals surface area contributed by atoms with Crippen LogP contribution in [0.2, 0.25) is 0 Å². The highest BCUT2D eigenvalue weighted by atomic mass is 15.1. The molecule has 2 heteroatoms. The molecule has 1 N–H and O–H groups in total. The highest BCUT2D eigenvalue weighted by Gasteiger charge is 2.15. The van der Waals surface area contributed by atoms with Crippen LogP contribution in [-0.2, 0) is 0 Å². The highest BCUT2D eigenvalue weighted by Crippen LogP contribution is 2.13. The van der Waals surface area contributed by atoms with Gasteiger partial charge in [-0.2, -0.15) is 0 Å². The third-order valence-corrected chi connectivity index (χ3v) is 4.65. The number of rotatable bonds is 9. The Kier molecular flexibility index (Phi) is 8.72. The molecular weight excluding hydrogens is 232 g/mol. The molecule has 0 aromatic carbocycles. The molecule has 1 fully saturated rings. The van der Waals surface area contributed by atoms with Crippen LogP contribution in [0.15, 0.2) is 0 Å². The van der Waals surface area contributed by atoms with E-state index in [2.05, 4.69) is 37.9 Å². The predicted molar refractivity (Wildman–Crippen MR) is 85.6 cm³/mol. The second kappa shape index (κ2) is 9.77. The topological polar surface area (TPSA) is 15.3 Å². The quantitative estimate of drug-likeness (QED) is 0.682. The molecule has 1 saturated heterocycles. The van der Waals surface area contributed by atoms with Crippen molar-refractivity contribution >= 4 is 0 Å². The Morgan fingerprint density at radius 2 is 1.63 bits per heavy atom. The van der Waals surface area contributed by atoms with Crippen LogP contribution in [0.5, 0.6) is 0 Å². The van der Waals surface area contributed by atoms with E-state index in [0.29, 0.717) is 0 Å². The van der Waals surface area contributed by atoms with Crippen LogP contribution in [0.1, 0.15) is 66.2 Å². The fourth-order valence-electron chi connectivity index (χ4n) is 3.06. The molecular formula is C17H36N2. The molecule has 114 valence electrons. The maximum atomic E-state index is 3.80. The lowest BCUT2D eigenvalue weighted by atomic mass is 9.97. The van der Waals surface area contributed by atoms with Crippen LogP contribution in [0.3, 0.4) is 0 Å². The lowest BCUT2D eigenvalue weighted by Crippen LogP contribution is -2.39. The summed E-state index contributed by atoms with van der Waals surface area (Å²) >= 11 is 0. The molecule has 3 atom stereocenters. The van der Waals surface area contributed by atoms with E-state index in [1.165, 1.54) is 64.7 Å². The van der Waals surface area contributed by atoms with Gasteiger partial charge < -0.3 is 10.2 Å². The summed E-state index contributed by atoms with van der Waals surface area (Å²) in [6.45, 7) is 14.5. The Morgan fingerprint density at radius 3 is 2.21 bits per heavy atom. The summed E-state index contributed by atoms with van der Waals surface area (Å²) in [6.07, 6.45) is 8.17. The highest BCUT2D eigenvalue weighted by molar-refractivity contribution is 4.73. The second-order valence-corrected chi connectivity index (χ2v) is 6.73. The molecule has 0 radical (unpaired) electrons. The third kappa shape index (κ3) is 7.31. The number of nitrogens with zero attached hydrogens (tertiary/aromatic N) is 1. The third-order valence-electron chi connectivity index (χ3n) is 4.65. The van der Waals surface area contributed by atoms with Crippen molar-refractivity contribution < 1.29 is 0 Å². The lowest BCUT2D eigenvalue weighted by Gasteiger charge is -2.30. The first kappa shape index (κ1) is 17.0. The maximum absolute atomic E-state index is 3.80. The van der Waals surface area contributed by atoms with Gasteiger partial charge >= 0.3 is 0 Å². The van der Waals surface area contributed by atoms with Crippen LogP contribution in [-0.4, -0.2) is 37.1 Å². The van der Waals surface area contributed by atoms with E-state index in [4.69, 9.17) is 0 Å². The van der Waals surface area contributed by atoms with Gasteiger partial charge in [0.15, 0.2) is 0 Å². The van der Waals surface area contributed by atoms with Crippen molar-refractivity contribution in [3.63, 3.8) is 0 Å². The van der Waals surface area contributed by atoms with Crippen molar-refractivity contribution in [3.05, 3.63) is 0 Å². The van der Waals surface area contributed by atoms with E-state index in [-0.39, 0.29) is 0 Å². The van der Waals surface area contributed by atoms with Crippen LogP contribution in [0.25, 0.3) is 0 Å². The molecule has 0 bridgehead atoms. The Hall–Kier alpha value is -0.0800. The number of hydrogen-bond donors (Lipinski definition) is 1. The van der Waals surface area contributed by atoms with Gasteiger partial charge in [0.2, 0.25) is 0 Å². The van der Waals surface area contributed by atoms with E-state index < -0.39 is 0 Å². The smallest absolute Gasteiger partial charge is 0.00670 e. The molecule has 1 heterocycles. The van der Waals surface area contributed by atoms with Crippen molar-refractivity contribution in [1.82, 2.24) is 10.2 Å². The van der Waals surface area contributed by atoms with Gasteiger partial charge in [0.1, 0.15) is 0 Å². The lowest BCUT2D eigenvalue weighted by molar-refractivity contribution is 0.196. The van der Waals surface area contributed by atoms with Gasteiger partial charge in [-0.05, 0) is 57.2 Å². The Bertz CT molecular complexity index is 211. The Morgan fingerprint density at radius 1 is 0.947 bits per heavy atom. The van der Waals surface area contributed by atoms with Crippen LogP contribution in [0.4, 0.5) is 0 Å². The molecule has 1 rings (SSSR count). The zero-order valence-electron chi connectivity index (χ0n) is 13.8. The number of hydrogen-bond acceptors (Lipinski definition) is 2. The molecule has 19 heavy (non-hydrogen) atoms. The van der Waals surface area contributed by atoms with Crippen LogP contribution in [0, 0.1) is 11.8 Å². The average Bonchev–Trinajstić information content (AvgIpc) is 2.44. The fourth-order valence-corrected chi connectivity index (χ4v) is 3.06. The minimum absolute atomic E-state index is 0.721. The molecule has 0 aromatic heterocycles. The zero-order chi connectivity index (χ0) is 14.1. The average molecular weight is 268 g/mol. The minimum Gasteiger partial charge on any atom is -0.314 e. The van der Waals surface area contributed by atoms with Crippen molar-refractivity contribution in [1.29, 1.82) is 0 Å². The van der Waals surface area contributed by atoms with E-state index in [0.717, 1.165) is 17.9 Å². The van der Waals surface area contributed by atoms with Gasteiger partial charge in [0, 0.05) is 12.6 Å². The van der Waals surface area contributed by atoms with E-state index >= 15 is 0 Å². The normalized spacial score (nSPS) is 22.1. The SMILES string of the molecule is CCC(C)CC(CC)NCC(C)CN1CCCCC1. The van der Waals surface area contributed by atoms with Gasteiger partial charge in [-0.15, -0.1) is 0 Å². The summed E-state index contributed by atoms with van der Waals surface area (Å²) in [4.78, 5) is 2.66. The Balaban J connectivity index is 2.17. The van der Waals surface area contributed by atoms with Crippen molar-refractivity contribution in [3.8, 4) is 0 Å². The molecule has 1 aliphatic heterocycles. The van der Waals surface area contributed by atoms with E-state index in [1.54, 1.807) is 0 Å². The zero-order valence-corrected chi connectivity index (χ0v) is 13.8. The number of nitrogens with one attached hydrogen (secondary N) is 1. The monoisotopic (exact) mass is 268 g/mol. The van der Waals surface area contributed by atoms with Gasteiger partial charge in [-0.1, -0.05) is 40.5 Å². The summed E-state index contributed by atoms with van der Waals surface area (Å²) in [5, 5.41) is 3.80. The minimum atomic E-state index is 0.721. The van der Waals surface area contributed by atoms with E-state index in [1.807, 2.05) is 0 Å². The molecule has 0 aliphatic carbocycles. The van der Waals surface area contributed by atoms with Crippen LogP contribution < -0.4 is 5.32 Å².